The Labute approximate surface area is 181 Å². The molecule has 7 nitrogen and oxygen atoms in total. The van der Waals surface area contributed by atoms with Crippen LogP contribution in [0.25, 0.3) is 28.2 Å². The van der Waals surface area contributed by atoms with Gasteiger partial charge in [-0.2, -0.15) is 18.3 Å². The molecule has 0 unspecified atom stereocenters. The average molecular weight is 442 g/mol. The molecule has 0 aliphatic heterocycles. The molecular weight excluding hydrogens is 421 g/mol. The summed E-state index contributed by atoms with van der Waals surface area (Å²) in [5.74, 6) is 0. The largest absolute Gasteiger partial charge is 0.405 e. The van der Waals surface area contributed by atoms with Crippen molar-refractivity contribution in [3.8, 4) is 22.5 Å². The van der Waals surface area contributed by atoms with Crippen LogP contribution in [0, 0.1) is 13.8 Å². The average Bonchev–Trinajstić information content (AvgIpc) is 3.28. The summed E-state index contributed by atoms with van der Waals surface area (Å²) in [5.41, 5.74) is 6.66. The summed E-state index contributed by atoms with van der Waals surface area (Å²) in [7, 11) is 1.91. The fraction of sp³-hybridized carbons (Fsp3) is 0.227. The molecule has 10 heteroatoms. The van der Waals surface area contributed by atoms with Crippen LogP contribution in [-0.4, -0.2) is 37.9 Å². The first-order chi connectivity index (χ1) is 15.1. The van der Waals surface area contributed by atoms with E-state index in [4.69, 9.17) is 0 Å². The molecule has 0 saturated heterocycles. The maximum absolute atomic E-state index is 12.3. The van der Waals surface area contributed by atoms with Crippen molar-refractivity contribution < 1.29 is 18.0 Å². The fourth-order valence-corrected chi connectivity index (χ4v) is 3.44. The molecule has 2 N–H and O–H groups in total. The highest BCUT2D eigenvalue weighted by Gasteiger charge is 2.27. The quantitative estimate of drug-likeness (QED) is 0.481. The molecule has 1 aromatic carbocycles. The number of nitrogens with one attached hydrogen (secondary N) is 2. The predicted octanol–water partition coefficient (Wildman–Crippen LogP) is 4.70. The van der Waals surface area contributed by atoms with Gasteiger partial charge in [-0.1, -0.05) is 12.1 Å². The maximum Gasteiger partial charge on any atom is 0.405 e. The van der Waals surface area contributed by atoms with Crippen molar-refractivity contribution in [2.75, 3.05) is 11.9 Å². The van der Waals surface area contributed by atoms with E-state index in [1.165, 1.54) is 0 Å². The van der Waals surface area contributed by atoms with Crippen molar-refractivity contribution in [1.29, 1.82) is 0 Å². The maximum atomic E-state index is 12.3. The Balaban J connectivity index is 1.60. The number of hydrogen-bond donors (Lipinski definition) is 2. The third-order valence-corrected chi connectivity index (χ3v) is 5.29. The lowest BCUT2D eigenvalue weighted by Crippen LogP contribution is -2.36. The second kappa shape index (κ2) is 8.03. The molecule has 0 aliphatic rings. The number of urea groups is 1. The topological polar surface area (TPSA) is 76.2 Å². The number of carbonyl (C=O) groups is 1. The molecule has 0 radical (unpaired) electrons. The Kier molecular flexibility index (Phi) is 5.37. The second-order valence-electron chi connectivity index (χ2n) is 7.47. The van der Waals surface area contributed by atoms with Gasteiger partial charge in [-0.3, -0.25) is 9.08 Å². The molecule has 0 fully saturated rings. The zero-order valence-electron chi connectivity index (χ0n) is 17.7. The van der Waals surface area contributed by atoms with Gasteiger partial charge in [0.05, 0.1) is 17.6 Å². The molecule has 0 atom stereocenters. The number of hydrogen-bond acceptors (Lipinski definition) is 3. The molecule has 0 spiro atoms. The summed E-state index contributed by atoms with van der Waals surface area (Å²) in [5, 5.41) is 8.79. The summed E-state index contributed by atoms with van der Waals surface area (Å²) in [6.45, 7) is 2.65. The SMILES string of the molecule is Cc1c(-c2ccn3c(-c4cccc(NC(=O)NCC(F)(F)F)c4)cnc3c2)nn(C)c1C. The minimum atomic E-state index is -4.47. The van der Waals surface area contributed by atoms with E-state index in [0.717, 1.165) is 39.4 Å². The first kappa shape index (κ1) is 21.4. The molecule has 4 rings (SSSR count). The normalized spacial score (nSPS) is 11.7. The van der Waals surface area contributed by atoms with Gasteiger partial charge in [0.2, 0.25) is 0 Å². The van der Waals surface area contributed by atoms with E-state index in [0.29, 0.717) is 5.69 Å². The predicted molar refractivity (Wildman–Crippen MR) is 115 cm³/mol. The number of amides is 2. The van der Waals surface area contributed by atoms with Gasteiger partial charge < -0.3 is 10.6 Å². The number of halogens is 3. The highest BCUT2D eigenvalue weighted by Crippen LogP contribution is 2.28. The number of benzene rings is 1. The molecule has 0 saturated carbocycles. The highest BCUT2D eigenvalue weighted by atomic mass is 19.4. The summed E-state index contributed by atoms with van der Waals surface area (Å²) < 4.78 is 40.6. The molecular formula is C22H21F3N6O. The van der Waals surface area contributed by atoms with Gasteiger partial charge in [0.15, 0.2) is 0 Å². The molecule has 166 valence electrons. The lowest BCUT2D eigenvalue weighted by atomic mass is 10.1. The number of aromatic nitrogens is 4. The van der Waals surface area contributed by atoms with Gasteiger partial charge in [-0.25, -0.2) is 9.78 Å². The summed E-state index contributed by atoms with van der Waals surface area (Å²) in [6, 6.07) is 9.81. The molecule has 0 aliphatic carbocycles. The Morgan fingerprint density at radius 1 is 1.12 bits per heavy atom. The standard InChI is InChI=1S/C22H21F3N6O/c1-13-14(2)30(3)29-20(13)16-7-8-31-18(11-26-19(31)10-16)15-5-4-6-17(9-15)28-21(32)27-12-22(23,24)25/h4-11H,12H2,1-3H3,(H2,27,28,32). The minimum absolute atomic E-state index is 0.369. The first-order valence-electron chi connectivity index (χ1n) is 9.82. The van der Waals surface area contributed by atoms with E-state index in [1.807, 2.05) is 54.4 Å². The molecule has 3 aromatic heterocycles. The molecule has 4 aromatic rings. The third kappa shape index (κ3) is 4.29. The lowest BCUT2D eigenvalue weighted by molar-refractivity contribution is -0.122. The fourth-order valence-electron chi connectivity index (χ4n) is 3.44. The zero-order chi connectivity index (χ0) is 23.0. The summed E-state index contributed by atoms with van der Waals surface area (Å²) in [4.78, 5) is 16.2. The van der Waals surface area contributed by atoms with Crippen LogP contribution in [0.15, 0.2) is 48.8 Å². The molecule has 2 amide bonds. The smallest absolute Gasteiger partial charge is 0.329 e. The van der Waals surface area contributed by atoms with Crippen molar-refractivity contribution in [3.63, 3.8) is 0 Å². The monoisotopic (exact) mass is 442 g/mol. The lowest BCUT2D eigenvalue weighted by Gasteiger charge is -2.11. The third-order valence-electron chi connectivity index (χ3n) is 5.29. The van der Waals surface area contributed by atoms with Gasteiger partial charge >= 0.3 is 12.2 Å². The number of alkyl halides is 3. The number of aryl methyl sites for hydroxylation is 1. The Hall–Kier alpha value is -3.82. The van der Waals surface area contributed by atoms with E-state index in [9.17, 15) is 18.0 Å². The van der Waals surface area contributed by atoms with Gasteiger partial charge in [-0.15, -0.1) is 0 Å². The van der Waals surface area contributed by atoms with Crippen molar-refractivity contribution in [1.82, 2.24) is 24.5 Å². The van der Waals surface area contributed by atoms with Crippen LogP contribution in [0.3, 0.4) is 0 Å². The van der Waals surface area contributed by atoms with Crippen molar-refractivity contribution in [2.24, 2.45) is 7.05 Å². The van der Waals surface area contributed by atoms with E-state index >= 15 is 0 Å². The van der Waals surface area contributed by atoms with Crippen LogP contribution < -0.4 is 10.6 Å². The van der Waals surface area contributed by atoms with Gasteiger partial charge in [0.25, 0.3) is 0 Å². The summed E-state index contributed by atoms with van der Waals surface area (Å²) >= 11 is 0. The number of pyridine rings is 1. The Morgan fingerprint density at radius 2 is 1.91 bits per heavy atom. The number of anilines is 1. The van der Waals surface area contributed by atoms with E-state index in [1.54, 1.807) is 29.7 Å². The number of nitrogens with zero attached hydrogens (tertiary/aromatic N) is 4. The van der Waals surface area contributed by atoms with Crippen LogP contribution in [-0.2, 0) is 7.05 Å². The van der Waals surface area contributed by atoms with Crippen LogP contribution in [0.1, 0.15) is 11.3 Å². The van der Waals surface area contributed by atoms with Crippen molar-refractivity contribution >= 4 is 17.4 Å². The number of fused-ring (bicyclic) bond motifs is 1. The van der Waals surface area contributed by atoms with Crippen molar-refractivity contribution in [2.45, 2.75) is 20.0 Å². The number of carbonyl (C=O) groups excluding carboxylic acids is 1. The van der Waals surface area contributed by atoms with E-state index in [-0.39, 0.29) is 0 Å². The van der Waals surface area contributed by atoms with Crippen LogP contribution >= 0.6 is 0 Å². The molecule has 32 heavy (non-hydrogen) atoms. The van der Waals surface area contributed by atoms with E-state index < -0.39 is 18.8 Å². The molecule has 3 heterocycles. The summed E-state index contributed by atoms with van der Waals surface area (Å²) in [6.07, 6.45) is -0.869. The van der Waals surface area contributed by atoms with Gasteiger partial charge in [0, 0.05) is 35.8 Å². The Bertz CT molecular complexity index is 1300. The van der Waals surface area contributed by atoms with Gasteiger partial charge in [-0.05, 0) is 43.7 Å². The van der Waals surface area contributed by atoms with Gasteiger partial charge in [0.1, 0.15) is 12.2 Å². The highest BCUT2D eigenvalue weighted by molar-refractivity contribution is 5.90. The first-order valence-corrected chi connectivity index (χ1v) is 9.82. The number of imidazole rings is 1. The molecule has 0 bridgehead atoms. The van der Waals surface area contributed by atoms with Crippen LogP contribution in [0.2, 0.25) is 0 Å². The van der Waals surface area contributed by atoms with Crippen LogP contribution in [0.5, 0.6) is 0 Å². The second-order valence-corrected chi connectivity index (χ2v) is 7.47. The Morgan fingerprint density at radius 3 is 2.59 bits per heavy atom. The van der Waals surface area contributed by atoms with E-state index in [2.05, 4.69) is 15.4 Å². The zero-order valence-corrected chi connectivity index (χ0v) is 17.7. The number of rotatable bonds is 4. The minimum Gasteiger partial charge on any atom is -0.329 e. The van der Waals surface area contributed by atoms with Crippen LogP contribution in [0.4, 0.5) is 23.7 Å². The van der Waals surface area contributed by atoms with Crippen molar-refractivity contribution in [3.05, 3.63) is 60.0 Å².